The van der Waals surface area contributed by atoms with Crippen LogP contribution in [0.2, 0.25) is 0 Å². The molecule has 0 heterocycles. The minimum atomic E-state index is -1.82. The van der Waals surface area contributed by atoms with Gasteiger partial charge in [-0.25, -0.2) is 9.59 Å². The third-order valence-corrected chi connectivity index (χ3v) is 0.183. The van der Waals surface area contributed by atoms with Gasteiger partial charge in [-0.3, -0.25) is 0 Å². The minimum absolute atomic E-state index is 0. The molecular weight excluding hydrogens is 123 g/mol. The van der Waals surface area contributed by atoms with Crippen molar-refractivity contribution in [3.63, 3.8) is 0 Å². The van der Waals surface area contributed by atoms with Gasteiger partial charge in [0.2, 0.25) is 0 Å². The van der Waals surface area contributed by atoms with Crippen molar-refractivity contribution < 1.29 is 49.4 Å². The molecule has 8 heavy (non-hydrogen) atoms. The van der Waals surface area contributed by atoms with Crippen molar-refractivity contribution in [2.24, 2.45) is 0 Å². The molecule has 0 aliphatic carbocycles. The summed E-state index contributed by atoms with van der Waals surface area (Å²) in [6.45, 7) is 0. The third kappa shape index (κ3) is 9.34. The molecular formula is C3H2NaO4+5. The van der Waals surface area contributed by atoms with Gasteiger partial charge in [0.05, 0.1) is 0 Å². The molecule has 0 aromatic heterocycles. The van der Waals surface area contributed by atoms with E-state index in [-0.39, 0.29) is 37.0 Å². The summed E-state index contributed by atoms with van der Waals surface area (Å²) < 4.78 is 0. The number of rotatable bonds is 0. The Balaban J connectivity index is -0.000000125. The molecule has 0 aliphatic rings. The molecule has 0 spiro atoms. The van der Waals surface area contributed by atoms with E-state index in [0.717, 1.165) is 0 Å². The zero-order valence-electron chi connectivity index (χ0n) is 4.21. The third-order valence-electron chi connectivity index (χ3n) is 0.183. The van der Waals surface area contributed by atoms with Crippen LogP contribution in [-0.4, -0.2) is 22.2 Å². The van der Waals surface area contributed by atoms with E-state index in [0.29, 0.717) is 0 Å². The van der Waals surface area contributed by atoms with E-state index in [1.807, 2.05) is 0 Å². The topological polar surface area (TPSA) is 74.6 Å². The van der Waals surface area contributed by atoms with Crippen LogP contribution in [0.4, 0.5) is 0 Å². The van der Waals surface area contributed by atoms with Crippen molar-refractivity contribution in [2.45, 2.75) is 0 Å². The minimum Gasteiger partial charge on any atom is -0.473 e. The van der Waals surface area contributed by atoms with Gasteiger partial charge in [-0.2, -0.15) is 0 Å². The number of aliphatic carboxylic acids is 2. The zero-order chi connectivity index (χ0) is 5.15. The molecule has 0 radical (unpaired) electrons. The maximum atomic E-state index is 9.10. The van der Waals surface area contributed by atoms with Crippen molar-refractivity contribution in [3.05, 3.63) is 7.43 Å². The fraction of sp³-hybridized carbons (Fsp3) is 0. The van der Waals surface area contributed by atoms with Gasteiger partial charge in [-0.05, 0) is 0 Å². The smallest absolute Gasteiger partial charge is 0.473 e. The Bertz CT molecular complexity index is 77.3. The predicted octanol–water partition coefficient (Wildman–Crippen LogP) is -3.76. The summed E-state index contributed by atoms with van der Waals surface area (Å²) in [4.78, 5) is 18.2. The quantitative estimate of drug-likeness (QED) is 0.257. The summed E-state index contributed by atoms with van der Waals surface area (Å²) in [6.07, 6.45) is 0. The summed E-state index contributed by atoms with van der Waals surface area (Å²) in [5.74, 6) is -3.65. The van der Waals surface area contributed by atoms with Crippen molar-refractivity contribution >= 4 is 11.9 Å². The van der Waals surface area contributed by atoms with Crippen molar-refractivity contribution in [1.82, 2.24) is 0 Å². The van der Waals surface area contributed by atoms with Gasteiger partial charge in [0.25, 0.3) is 0 Å². The Morgan fingerprint density at radius 3 is 1.12 bits per heavy atom. The number of hydrogen-bond donors (Lipinski definition) is 2. The first-order valence-electron chi connectivity index (χ1n) is 1.11. The normalized spacial score (nSPS) is 5.50. The van der Waals surface area contributed by atoms with Crippen molar-refractivity contribution in [2.75, 3.05) is 0 Å². The number of hydrogen-bond acceptors (Lipinski definition) is 2. The molecule has 0 fully saturated rings. The molecule has 0 atom stereocenters. The van der Waals surface area contributed by atoms with Crippen molar-refractivity contribution in [3.8, 4) is 0 Å². The molecule has 0 saturated heterocycles. The first kappa shape index (κ1) is 15.7. The van der Waals surface area contributed by atoms with E-state index in [9.17, 15) is 0 Å². The average molecular weight is 125 g/mol. The van der Waals surface area contributed by atoms with Crippen molar-refractivity contribution in [1.29, 1.82) is 0 Å². The fourth-order valence-corrected chi connectivity index (χ4v) is 0. The van der Waals surface area contributed by atoms with E-state index >= 15 is 0 Å². The van der Waals surface area contributed by atoms with E-state index in [2.05, 4.69) is 0 Å². The van der Waals surface area contributed by atoms with Crippen LogP contribution in [0, 0.1) is 7.43 Å². The maximum absolute atomic E-state index is 9.10. The molecule has 0 amide bonds. The van der Waals surface area contributed by atoms with Crippen LogP contribution < -0.4 is 29.6 Å². The SMILES string of the molecule is O=C(O)C(=O)O.[C+4].[Na+]. The van der Waals surface area contributed by atoms with Gasteiger partial charge in [-0.15, -0.1) is 0 Å². The summed E-state index contributed by atoms with van der Waals surface area (Å²) >= 11 is 0. The molecule has 34 valence electrons. The first-order valence-corrected chi connectivity index (χ1v) is 1.11. The number of carboxylic acids is 2. The van der Waals surface area contributed by atoms with Gasteiger partial charge in [0.1, 0.15) is 0 Å². The maximum Gasteiger partial charge on any atom is 4.00 e. The second kappa shape index (κ2) is 6.94. The van der Waals surface area contributed by atoms with Crippen LogP contribution in [0.15, 0.2) is 0 Å². The second-order valence-corrected chi connectivity index (χ2v) is 0.610. The monoisotopic (exact) mass is 125 g/mol. The summed E-state index contributed by atoms with van der Waals surface area (Å²) in [6, 6.07) is 0. The van der Waals surface area contributed by atoms with E-state index in [4.69, 9.17) is 19.8 Å². The first-order chi connectivity index (χ1) is 2.64. The van der Waals surface area contributed by atoms with Gasteiger partial charge in [0.15, 0.2) is 0 Å². The molecule has 0 rings (SSSR count). The van der Waals surface area contributed by atoms with Crippen LogP contribution in [0.1, 0.15) is 0 Å². The zero-order valence-corrected chi connectivity index (χ0v) is 6.21. The van der Waals surface area contributed by atoms with Crippen LogP contribution in [0.5, 0.6) is 0 Å². The molecule has 2 N–H and O–H groups in total. The molecule has 0 saturated carbocycles. The van der Waals surface area contributed by atoms with Crippen LogP contribution in [0.3, 0.4) is 0 Å². The molecule has 0 aliphatic heterocycles. The van der Waals surface area contributed by atoms with Gasteiger partial charge in [0, 0.05) is 0 Å². The molecule has 0 aromatic carbocycles. The average Bonchev–Trinajstić information content (AvgIpc) is 1.36. The molecule has 0 aromatic rings. The fourth-order valence-electron chi connectivity index (χ4n) is 0. The van der Waals surface area contributed by atoms with Gasteiger partial charge < -0.3 is 10.2 Å². The van der Waals surface area contributed by atoms with Gasteiger partial charge in [-0.1, -0.05) is 0 Å². The Labute approximate surface area is 68.8 Å². The van der Waals surface area contributed by atoms with E-state index in [1.165, 1.54) is 0 Å². The van der Waals surface area contributed by atoms with Crippen LogP contribution in [0.25, 0.3) is 0 Å². The standard InChI is InChI=1S/C2H2O4.C.Na/c3-1(4)2(5)6;;/h(H,3,4)(H,5,6);;/q;+4;+1. The van der Waals surface area contributed by atoms with E-state index in [1.54, 1.807) is 0 Å². The summed E-state index contributed by atoms with van der Waals surface area (Å²) in [7, 11) is 0. The Hall–Kier alpha value is -0.0600. The summed E-state index contributed by atoms with van der Waals surface area (Å²) in [5, 5.41) is 14.8. The van der Waals surface area contributed by atoms with Gasteiger partial charge >= 0.3 is 48.9 Å². The molecule has 5 heteroatoms. The molecule has 0 unspecified atom stereocenters. The van der Waals surface area contributed by atoms with Crippen LogP contribution in [-0.2, 0) is 9.59 Å². The largest absolute Gasteiger partial charge is 4.00 e. The number of carboxylic acid groups (broad SMARTS) is 2. The molecule has 4 nitrogen and oxygen atoms in total. The Kier molecular flexibility index (Phi) is 13.6. The summed E-state index contributed by atoms with van der Waals surface area (Å²) in [5.41, 5.74) is 0. The van der Waals surface area contributed by atoms with E-state index < -0.39 is 11.9 Å². The second-order valence-electron chi connectivity index (χ2n) is 0.610. The number of carbonyl (C=O) groups is 2. The Morgan fingerprint density at radius 2 is 1.12 bits per heavy atom. The van der Waals surface area contributed by atoms with Crippen LogP contribution >= 0.6 is 0 Å². The molecule has 0 bridgehead atoms. The predicted molar refractivity (Wildman–Crippen MR) is 18.5 cm³/mol. The Morgan fingerprint density at radius 1 is 1.00 bits per heavy atom.